The molecule has 0 atom stereocenters. The molecule has 6 heteroatoms. The van der Waals surface area contributed by atoms with E-state index in [0.29, 0.717) is 17.2 Å². The van der Waals surface area contributed by atoms with Crippen molar-refractivity contribution in [2.24, 2.45) is 5.41 Å². The van der Waals surface area contributed by atoms with E-state index in [4.69, 9.17) is 18.9 Å². The zero-order valence-electron chi connectivity index (χ0n) is 18.5. The molecule has 0 aliphatic heterocycles. The standard InChI is InChI=1S/C23H30O6/c1-9-10-17(24)28-18-15-11-13(2)14(3)12-16(15)19(21(27-8)20(18)26-7)29-22(25)23(4,5)6/h11-12H,9-10H2,1-8H3. The molecule has 0 fully saturated rings. The summed E-state index contributed by atoms with van der Waals surface area (Å²) in [7, 11) is 2.91. The van der Waals surface area contributed by atoms with E-state index in [1.807, 2.05) is 32.9 Å². The Bertz CT molecular complexity index is 937. The number of ether oxygens (including phenoxy) is 4. The first-order chi connectivity index (χ1) is 13.5. The van der Waals surface area contributed by atoms with Crippen LogP contribution in [0.25, 0.3) is 10.8 Å². The van der Waals surface area contributed by atoms with Crippen LogP contribution >= 0.6 is 0 Å². The summed E-state index contributed by atoms with van der Waals surface area (Å²) in [5.41, 5.74) is 1.30. The third kappa shape index (κ3) is 4.63. The fraction of sp³-hybridized carbons (Fsp3) is 0.478. The second-order valence-electron chi connectivity index (χ2n) is 8.07. The Kier molecular flexibility index (Phi) is 6.77. The third-order valence-electron chi connectivity index (χ3n) is 4.63. The van der Waals surface area contributed by atoms with E-state index in [1.54, 1.807) is 20.8 Å². The Morgan fingerprint density at radius 2 is 1.28 bits per heavy atom. The predicted molar refractivity (Wildman–Crippen MR) is 112 cm³/mol. The van der Waals surface area contributed by atoms with Crippen LogP contribution in [0.1, 0.15) is 51.7 Å². The van der Waals surface area contributed by atoms with Gasteiger partial charge in [-0.25, -0.2) is 0 Å². The van der Waals surface area contributed by atoms with Crippen LogP contribution in [-0.4, -0.2) is 26.2 Å². The molecule has 0 aliphatic carbocycles. The Hall–Kier alpha value is -2.76. The maximum absolute atomic E-state index is 12.6. The van der Waals surface area contributed by atoms with Crippen molar-refractivity contribution < 1.29 is 28.5 Å². The fourth-order valence-electron chi connectivity index (χ4n) is 2.83. The molecule has 0 aromatic heterocycles. The van der Waals surface area contributed by atoms with Gasteiger partial charge in [-0.1, -0.05) is 6.92 Å². The topological polar surface area (TPSA) is 71.1 Å². The Balaban J connectivity index is 2.87. The van der Waals surface area contributed by atoms with Crippen LogP contribution in [0, 0.1) is 19.3 Å². The SMILES string of the molecule is CCCC(=O)Oc1c(OC)c(OC)c(OC(=O)C(C)(C)C)c2cc(C)c(C)cc12. The number of fused-ring (bicyclic) bond motifs is 1. The van der Waals surface area contributed by atoms with Crippen LogP contribution in [0.3, 0.4) is 0 Å². The van der Waals surface area contributed by atoms with E-state index in [1.165, 1.54) is 14.2 Å². The van der Waals surface area contributed by atoms with Crippen molar-refractivity contribution in [1.29, 1.82) is 0 Å². The molecule has 0 radical (unpaired) electrons. The molecular formula is C23H30O6. The van der Waals surface area contributed by atoms with Crippen molar-refractivity contribution in [3.05, 3.63) is 23.3 Å². The molecule has 0 spiro atoms. The number of hydrogen-bond acceptors (Lipinski definition) is 6. The van der Waals surface area contributed by atoms with E-state index in [0.717, 1.165) is 11.1 Å². The summed E-state index contributed by atoms with van der Waals surface area (Å²) in [4.78, 5) is 24.9. The summed E-state index contributed by atoms with van der Waals surface area (Å²) in [5, 5.41) is 1.23. The van der Waals surface area contributed by atoms with Crippen molar-refractivity contribution >= 4 is 22.7 Å². The molecule has 0 amide bonds. The largest absolute Gasteiger partial charge is 0.490 e. The minimum absolute atomic E-state index is 0.208. The van der Waals surface area contributed by atoms with Gasteiger partial charge >= 0.3 is 11.9 Å². The van der Waals surface area contributed by atoms with Gasteiger partial charge in [0.1, 0.15) is 0 Å². The highest BCUT2D eigenvalue weighted by Crippen LogP contribution is 2.52. The lowest BCUT2D eigenvalue weighted by Gasteiger charge is -2.22. The summed E-state index contributed by atoms with van der Waals surface area (Å²) < 4.78 is 22.5. The lowest BCUT2D eigenvalue weighted by Crippen LogP contribution is -2.26. The highest BCUT2D eigenvalue weighted by Gasteiger charge is 2.30. The number of benzene rings is 2. The van der Waals surface area contributed by atoms with Crippen molar-refractivity contribution in [3.8, 4) is 23.0 Å². The van der Waals surface area contributed by atoms with Crippen molar-refractivity contribution in [2.75, 3.05) is 14.2 Å². The summed E-state index contributed by atoms with van der Waals surface area (Å²) in [6, 6.07) is 3.80. The molecule has 6 nitrogen and oxygen atoms in total. The molecule has 158 valence electrons. The van der Waals surface area contributed by atoms with Gasteiger partial charge in [-0.2, -0.15) is 0 Å². The lowest BCUT2D eigenvalue weighted by molar-refractivity contribution is -0.143. The first-order valence-corrected chi connectivity index (χ1v) is 9.66. The minimum atomic E-state index is -0.712. The van der Waals surface area contributed by atoms with Gasteiger partial charge in [0.25, 0.3) is 0 Å². The highest BCUT2D eigenvalue weighted by atomic mass is 16.6. The summed E-state index contributed by atoms with van der Waals surface area (Å²) >= 11 is 0. The quantitative estimate of drug-likeness (QED) is 0.493. The Morgan fingerprint density at radius 1 is 0.828 bits per heavy atom. The molecule has 0 N–H and O–H groups in total. The molecule has 0 unspecified atom stereocenters. The van der Waals surface area contributed by atoms with E-state index in [9.17, 15) is 9.59 Å². The highest BCUT2D eigenvalue weighted by molar-refractivity contribution is 6.02. The number of hydrogen-bond donors (Lipinski definition) is 0. The number of rotatable bonds is 6. The van der Waals surface area contributed by atoms with Crippen LogP contribution in [0.5, 0.6) is 23.0 Å². The predicted octanol–water partition coefficient (Wildman–Crippen LogP) is 5.13. The molecule has 0 aliphatic rings. The summed E-state index contributed by atoms with van der Waals surface area (Å²) in [6.07, 6.45) is 0.939. The van der Waals surface area contributed by atoms with Crippen molar-refractivity contribution in [3.63, 3.8) is 0 Å². The fourth-order valence-corrected chi connectivity index (χ4v) is 2.83. The Labute approximate surface area is 172 Å². The van der Waals surface area contributed by atoms with E-state index >= 15 is 0 Å². The number of carbonyl (C=O) groups is 2. The first-order valence-electron chi connectivity index (χ1n) is 9.66. The second kappa shape index (κ2) is 8.72. The summed E-state index contributed by atoms with van der Waals surface area (Å²) in [5.74, 6) is 0.151. The molecule has 2 aromatic carbocycles. The monoisotopic (exact) mass is 402 g/mol. The maximum Gasteiger partial charge on any atom is 0.316 e. The van der Waals surface area contributed by atoms with Crippen LogP contribution in [-0.2, 0) is 9.59 Å². The van der Waals surface area contributed by atoms with Gasteiger partial charge in [0, 0.05) is 17.2 Å². The van der Waals surface area contributed by atoms with Gasteiger partial charge in [-0.05, 0) is 64.3 Å². The van der Waals surface area contributed by atoms with Gasteiger partial charge < -0.3 is 18.9 Å². The molecule has 0 heterocycles. The first kappa shape index (κ1) is 22.5. The smallest absolute Gasteiger partial charge is 0.316 e. The zero-order valence-corrected chi connectivity index (χ0v) is 18.5. The minimum Gasteiger partial charge on any atom is -0.490 e. The molecular weight excluding hydrogens is 372 g/mol. The van der Waals surface area contributed by atoms with Gasteiger partial charge in [0.05, 0.1) is 19.6 Å². The lowest BCUT2D eigenvalue weighted by atomic mass is 9.97. The van der Waals surface area contributed by atoms with Gasteiger partial charge in [0.2, 0.25) is 11.5 Å². The average molecular weight is 402 g/mol. The van der Waals surface area contributed by atoms with E-state index in [2.05, 4.69) is 0 Å². The van der Waals surface area contributed by atoms with E-state index < -0.39 is 11.4 Å². The van der Waals surface area contributed by atoms with E-state index in [-0.39, 0.29) is 35.4 Å². The normalized spacial score (nSPS) is 11.3. The van der Waals surface area contributed by atoms with Crippen LogP contribution < -0.4 is 18.9 Å². The summed E-state index contributed by atoms with van der Waals surface area (Å²) in [6.45, 7) is 11.2. The van der Waals surface area contributed by atoms with Crippen molar-refractivity contribution in [2.45, 2.75) is 54.4 Å². The van der Waals surface area contributed by atoms with Gasteiger partial charge in [-0.3, -0.25) is 9.59 Å². The van der Waals surface area contributed by atoms with Gasteiger partial charge in [-0.15, -0.1) is 0 Å². The third-order valence-corrected chi connectivity index (χ3v) is 4.63. The molecule has 2 rings (SSSR count). The van der Waals surface area contributed by atoms with Gasteiger partial charge in [0.15, 0.2) is 11.5 Å². The zero-order chi connectivity index (χ0) is 21.9. The number of aryl methyl sites for hydroxylation is 2. The van der Waals surface area contributed by atoms with Crippen LogP contribution in [0.15, 0.2) is 12.1 Å². The second-order valence-corrected chi connectivity index (χ2v) is 8.07. The van der Waals surface area contributed by atoms with Crippen LogP contribution in [0.2, 0.25) is 0 Å². The number of carbonyl (C=O) groups excluding carboxylic acids is 2. The molecule has 2 aromatic rings. The Morgan fingerprint density at radius 3 is 1.66 bits per heavy atom. The average Bonchev–Trinajstić information content (AvgIpc) is 2.63. The van der Waals surface area contributed by atoms with Crippen molar-refractivity contribution in [1.82, 2.24) is 0 Å². The molecule has 0 saturated carbocycles. The number of methoxy groups -OCH3 is 2. The van der Waals surface area contributed by atoms with Crippen LogP contribution in [0.4, 0.5) is 0 Å². The number of esters is 2. The molecule has 29 heavy (non-hydrogen) atoms. The maximum atomic E-state index is 12.6. The molecule has 0 bridgehead atoms. The molecule has 0 saturated heterocycles.